The van der Waals surface area contributed by atoms with Crippen molar-refractivity contribution < 1.29 is 9.53 Å². The number of hydrogen-bond donors (Lipinski definition) is 0. The number of carbonyl (C=O) groups excluding carboxylic acids is 1. The van der Waals surface area contributed by atoms with Gasteiger partial charge in [0, 0.05) is 30.1 Å². The second-order valence-corrected chi connectivity index (χ2v) is 9.59. The second-order valence-electron chi connectivity index (χ2n) is 8.68. The molecule has 0 N–H and O–H groups in total. The van der Waals surface area contributed by atoms with Gasteiger partial charge in [0.2, 0.25) is 0 Å². The number of nitrogens with zero attached hydrogens (tertiary/aromatic N) is 2. The first-order valence-electron chi connectivity index (χ1n) is 9.76. The van der Waals surface area contributed by atoms with Gasteiger partial charge in [-0.15, -0.1) is 0 Å². The van der Waals surface area contributed by atoms with Crippen LogP contribution in [0.1, 0.15) is 45.6 Å². The molecule has 0 radical (unpaired) electrons. The maximum absolute atomic E-state index is 12.2. The molecule has 0 bridgehead atoms. The highest BCUT2D eigenvalue weighted by atomic mass is 79.9. The third kappa shape index (κ3) is 5.46. The van der Waals surface area contributed by atoms with Gasteiger partial charge in [0.15, 0.2) is 0 Å². The number of hydrogen-bond acceptors (Lipinski definition) is 3. The van der Waals surface area contributed by atoms with E-state index < -0.39 is 5.60 Å². The van der Waals surface area contributed by atoms with Gasteiger partial charge in [-0.3, -0.25) is 4.90 Å². The predicted octanol–water partition coefficient (Wildman–Crippen LogP) is 4.71. The lowest BCUT2D eigenvalue weighted by Gasteiger charge is -2.37. The molecule has 26 heavy (non-hydrogen) atoms. The van der Waals surface area contributed by atoms with Crippen molar-refractivity contribution in [3.05, 3.63) is 34.3 Å². The van der Waals surface area contributed by atoms with E-state index in [-0.39, 0.29) is 6.09 Å². The molecule has 2 fully saturated rings. The number of benzene rings is 1. The third-order valence-corrected chi connectivity index (χ3v) is 5.92. The van der Waals surface area contributed by atoms with Crippen LogP contribution in [0.5, 0.6) is 0 Å². The third-order valence-electron chi connectivity index (χ3n) is 5.39. The first-order chi connectivity index (χ1) is 12.3. The summed E-state index contributed by atoms with van der Waals surface area (Å²) >= 11 is 3.51. The summed E-state index contributed by atoms with van der Waals surface area (Å²) in [6.45, 7) is 9.78. The molecule has 5 heteroatoms. The summed E-state index contributed by atoms with van der Waals surface area (Å²) in [6.07, 6.45) is 4.41. The zero-order valence-corrected chi connectivity index (χ0v) is 17.8. The van der Waals surface area contributed by atoms with E-state index >= 15 is 0 Å². The van der Waals surface area contributed by atoms with Crippen molar-refractivity contribution in [1.29, 1.82) is 0 Å². The minimum atomic E-state index is -0.414. The Balaban J connectivity index is 1.44. The molecule has 2 saturated heterocycles. The lowest BCUT2D eigenvalue weighted by Crippen LogP contribution is -2.47. The Morgan fingerprint density at radius 2 is 1.77 bits per heavy atom. The molecule has 0 saturated carbocycles. The number of carbonyl (C=O) groups is 1. The fraction of sp³-hybridized carbons (Fsp3) is 0.667. The van der Waals surface area contributed by atoms with Crippen molar-refractivity contribution in [3.63, 3.8) is 0 Å². The molecule has 2 heterocycles. The molecule has 1 atom stereocenters. The lowest BCUT2D eigenvalue weighted by atomic mass is 9.98. The van der Waals surface area contributed by atoms with Gasteiger partial charge in [0.05, 0.1) is 0 Å². The van der Waals surface area contributed by atoms with E-state index in [9.17, 15) is 4.79 Å². The maximum atomic E-state index is 12.2. The molecule has 2 aliphatic rings. The van der Waals surface area contributed by atoms with E-state index in [1.54, 1.807) is 0 Å². The summed E-state index contributed by atoms with van der Waals surface area (Å²) in [7, 11) is 0. The fourth-order valence-electron chi connectivity index (χ4n) is 4.05. The normalized spacial score (nSPS) is 22.6. The van der Waals surface area contributed by atoms with Gasteiger partial charge in [0.1, 0.15) is 5.60 Å². The molecule has 1 amide bonds. The van der Waals surface area contributed by atoms with Gasteiger partial charge in [-0.05, 0) is 76.6 Å². The van der Waals surface area contributed by atoms with E-state index in [2.05, 4.69) is 45.1 Å². The molecule has 3 rings (SSSR count). The Hall–Kier alpha value is -1.07. The molecule has 1 aromatic carbocycles. The summed E-state index contributed by atoms with van der Waals surface area (Å²) in [5.74, 6) is 0.750. The van der Waals surface area contributed by atoms with Gasteiger partial charge in [0.25, 0.3) is 0 Å². The van der Waals surface area contributed by atoms with Gasteiger partial charge < -0.3 is 9.64 Å². The Kier molecular flexibility index (Phi) is 6.29. The van der Waals surface area contributed by atoms with E-state index in [1.807, 2.05) is 25.7 Å². The summed E-state index contributed by atoms with van der Waals surface area (Å²) in [6, 6.07) is 9.34. The highest BCUT2D eigenvalue weighted by Crippen LogP contribution is 2.27. The van der Waals surface area contributed by atoms with Gasteiger partial charge in [-0.1, -0.05) is 28.1 Å². The number of piperidine rings is 1. The van der Waals surface area contributed by atoms with Gasteiger partial charge in [-0.25, -0.2) is 4.79 Å². The summed E-state index contributed by atoms with van der Waals surface area (Å²) in [5, 5.41) is 0. The highest BCUT2D eigenvalue weighted by molar-refractivity contribution is 9.10. The van der Waals surface area contributed by atoms with Crippen molar-refractivity contribution in [3.8, 4) is 0 Å². The van der Waals surface area contributed by atoms with Crippen LogP contribution < -0.4 is 0 Å². The monoisotopic (exact) mass is 422 g/mol. The first kappa shape index (κ1) is 19.7. The maximum Gasteiger partial charge on any atom is 0.410 e. The summed E-state index contributed by atoms with van der Waals surface area (Å²) < 4.78 is 6.64. The van der Waals surface area contributed by atoms with Crippen LogP contribution >= 0.6 is 15.9 Å². The van der Waals surface area contributed by atoms with Crippen LogP contribution in [0.2, 0.25) is 0 Å². The molecule has 0 aromatic heterocycles. The summed E-state index contributed by atoms with van der Waals surface area (Å²) in [4.78, 5) is 16.7. The topological polar surface area (TPSA) is 32.8 Å². The van der Waals surface area contributed by atoms with Crippen molar-refractivity contribution in [2.24, 2.45) is 5.92 Å². The number of likely N-dealkylation sites (tertiary alicyclic amines) is 2. The van der Waals surface area contributed by atoms with Gasteiger partial charge in [-0.2, -0.15) is 0 Å². The number of amides is 1. The van der Waals surface area contributed by atoms with Crippen LogP contribution in [0, 0.1) is 5.92 Å². The van der Waals surface area contributed by atoms with Crippen LogP contribution in [0.4, 0.5) is 4.79 Å². The Labute approximate surface area is 166 Å². The number of halogens is 1. The van der Waals surface area contributed by atoms with Crippen molar-refractivity contribution in [2.45, 2.75) is 58.1 Å². The lowest BCUT2D eigenvalue weighted by molar-refractivity contribution is 0.0154. The molecule has 4 nitrogen and oxygen atoms in total. The summed E-state index contributed by atoms with van der Waals surface area (Å²) in [5.41, 5.74) is 1.02. The average molecular weight is 423 g/mol. The molecule has 0 spiro atoms. The minimum absolute atomic E-state index is 0.162. The Morgan fingerprint density at radius 1 is 1.12 bits per heavy atom. The van der Waals surface area contributed by atoms with Crippen LogP contribution in [0.25, 0.3) is 0 Å². The molecule has 0 aliphatic carbocycles. The van der Waals surface area contributed by atoms with Crippen LogP contribution in [-0.4, -0.2) is 53.7 Å². The van der Waals surface area contributed by atoms with Crippen LogP contribution in [-0.2, 0) is 11.2 Å². The van der Waals surface area contributed by atoms with Crippen molar-refractivity contribution in [2.75, 3.05) is 26.2 Å². The standard InChI is InChI=1S/C21H31BrN2O2/c1-21(2,3)26-20(25)23-12-9-19(10-13-23)24-11-8-17(15-24)14-16-4-6-18(22)7-5-16/h4-7,17,19H,8-15H2,1-3H3. The van der Waals surface area contributed by atoms with E-state index in [0.29, 0.717) is 6.04 Å². The predicted molar refractivity (Wildman–Crippen MR) is 108 cm³/mol. The molecule has 144 valence electrons. The van der Waals surface area contributed by atoms with E-state index in [4.69, 9.17) is 4.74 Å². The smallest absolute Gasteiger partial charge is 0.410 e. The van der Waals surface area contributed by atoms with E-state index in [0.717, 1.165) is 36.3 Å². The molecule has 1 unspecified atom stereocenters. The molecular weight excluding hydrogens is 392 g/mol. The SMILES string of the molecule is CC(C)(C)OC(=O)N1CCC(N2CCC(Cc3ccc(Br)cc3)C2)CC1. The second kappa shape index (κ2) is 8.30. The molecular formula is C21H31BrN2O2. The Bertz CT molecular complexity index is 603. The zero-order valence-electron chi connectivity index (χ0n) is 16.2. The van der Waals surface area contributed by atoms with Gasteiger partial charge >= 0.3 is 6.09 Å². The minimum Gasteiger partial charge on any atom is -0.444 e. The highest BCUT2D eigenvalue weighted by Gasteiger charge is 2.33. The quantitative estimate of drug-likeness (QED) is 0.706. The van der Waals surface area contributed by atoms with E-state index in [1.165, 1.54) is 31.5 Å². The number of ether oxygens (including phenoxy) is 1. The average Bonchev–Trinajstić information content (AvgIpc) is 3.04. The largest absolute Gasteiger partial charge is 0.444 e. The molecule has 2 aliphatic heterocycles. The Morgan fingerprint density at radius 3 is 2.38 bits per heavy atom. The van der Waals surface area contributed by atoms with Crippen molar-refractivity contribution in [1.82, 2.24) is 9.80 Å². The van der Waals surface area contributed by atoms with Crippen LogP contribution in [0.3, 0.4) is 0 Å². The number of rotatable bonds is 3. The zero-order chi connectivity index (χ0) is 18.7. The molecule has 1 aromatic rings. The first-order valence-corrected chi connectivity index (χ1v) is 10.6. The van der Waals surface area contributed by atoms with Crippen molar-refractivity contribution >= 4 is 22.0 Å². The fourth-order valence-corrected chi connectivity index (χ4v) is 4.32. The van der Waals surface area contributed by atoms with Crippen LogP contribution in [0.15, 0.2) is 28.7 Å².